The van der Waals surface area contributed by atoms with Gasteiger partial charge in [0.25, 0.3) is 0 Å². The number of nitrogens with zero attached hydrogens (tertiary/aromatic N) is 4. The van der Waals surface area contributed by atoms with E-state index in [1.165, 1.54) is 48.5 Å². The third kappa shape index (κ3) is 7.42. The van der Waals surface area contributed by atoms with Crippen LogP contribution in [0, 0.1) is 0 Å². The molecule has 0 aliphatic carbocycles. The predicted octanol–water partition coefficient (Wildman–Crippen LogP) is 9.37. The van der Waals surface area contributed by atoms with Crippen molar-refractivity contribution in [2.24, 2.45) is 0 Å². The summed E-state index contributed by atoms with van der Waals surface area (Å²) in [6.07, 6.45) is 7.33. The quantitative estimate of drug-likeness (QED) is 0.113. The second kappa shape index (κ2) is 15.9. The van der Waals surface area contributed by atoms with Crippen molar-refractivity contribution in [3.63, 3.8) is 0 Å². The van der Waals surface area contributed by atoms with Gasteiger partial charge in [0.2, 0.25) is 0 Å². The van der Waals surface area contributed by atoms with Crippen molar-refractivity contribution < 1.29 is 56.4 Å². The number of carboxylic acid groups (broad SMARTS) is 4. The molecule has 4 aromatic carbocycles. The molecule has 5 heterocycles. The maximum Gasteiger partial charge on any atom is 2.00 e. The third-order valence-electron chi connectivity index (χ3n) is 10.3. The summed E-state index contributed by atoms with van der Waals surface area (Å²) in [5, 5.41) is 38.7. The van der Waals surface area contributed by atoms with E-state index in [4.69, 9.17) is 19.9 Å². The van der Waals surface area contributed by atoms with Crippen molar-refractivity contribution in [3.8, 4) is 44.5 Å². The first-order chi connectivity index (χ1) is 29.0. The summed E-state index contributed by atoms with van der Waals surface area (Å²) in [5.74, 6) is -4.30. The van der Waals surface area contributed by atoms with Crippen molar-refractivity contribution in [1.82, 2.24) is 19.9 Å². The van der Waals surface area contributed by atoms with Crippen LogP contribution in [0.2, 0.25) is 0 Å². The zero-order valence-corrected chi connectivity index (χ0v) is 32.4. The minimum Gasteiger partial charge on any atom is -0.657 e. The van der Waals surface area contributed by atoms with E-state index < -0.39 is 23.9 Å². The molecule has 297 valence electrons. The van der Waals surface area contributed by atoms with Gasteiger partial charge < -0.3 is 30.4 Å². The number of carbonyl (C=O) groups is 4. The summed E-state index contributed by atoms with van der Waals surface area (Å²) < 4.78 is 0. The molecule has 0 amide bonds. The van der Waals surface area contributed by atoms with Crippen LogP contribution in [-0.2, 0) is 16.8 Å². The van der Waals surface area contributed by atoms with Gasteiger partial charge in [0.1, 0.15) is 0 Å². The smallest absolute Gasteiger partial charge is 0.657 e. The molecule has 2 aliphatic heterocycles. The van der Waals surface area contributed by atoms with Crippen molar-refractivity contribution in [2.45, 2.75) is 0 Å². The number of rotatable bonds is 8. The van der Waals surface area contributed by atoms with Crippen molar-refractivity contribution in [1.29, 1.82) is 0 Å². The van der Waals surface area contributed by atoms with E-state index in [2.05, 4.69) is 0 Å². The van der Waals surface area contributed by atoms with Crippen LogP contribution >= 0.6 is 0 Å². The molecule has 8 bridgehead atoms. The molecular formula is C48H28CoN4O8. The molecule has 4 N–H and O–H groups in total. The molecule has 1 radical (unpaired) electrons. The van der Waals surface area contributed by atoms with Crippen LogP contribution in [0.25, 0.3) is 90.9 Å². The molecule has 0 spiro atoms. The van der Waals surface area contributed by atoms with E-state index in [1.807, 2.05) is 48.6 Å². The number of fused-ring (bicyclic) bond motifs is 8. The van der Waals surface area contributed by atoms with E-state index >= 15 is 0 Å². The summed E-state index contributed by atoms with van der Waals surface area (Å²) in [4.78, 5) is 67.8. The molecule has 0 fully saturated rings. The Morgan fingerprint density at radius 2 is 0.525 bits per heavy atom. The summed E-state index contributed by atoms with van der Waals surface area (Å²) in [7, 11) is 0. The SMILES string of the molecule is O=C(O)c1ccc(-c2c3nc(c(-c4ccc(C(=O)O)cc4)c4ccc([n-]4)c(-c4ccc(C(=O)O)cc4)c4nc(c(-c5ccc(C(=O)O)cc5)c5ccc2[n-]5)C=C4)C=C3)cc1.[Co+2]. The van der Waals surface area contributed by atoms with Gasteiger partial charge in [-0.05, 0) is 117 Å². The van der Waals surface area contributed by atoms with Crippen LogP contribution in [0.15, 0.2) is 121 Å². The molecule has 13 heteroatoms. The molecule has 0 saturated carbocycles. The second-order valence-electron chi connectivity index (χ2n) is 13.9. The maximum atomic E-state index is 11.8. The van der Waals surface area contributed by atoms with Crippen LogP contribution in [0.3, 0.4) is 0 Å². The largest absolute Gasteiger partial charge is 2.00 e. The van der Waals surface area contributed by atoms with E-state index in [0.717, 1.165) is 0 Å². The first kappa shape index (κ1) is 39.7. The number of hydrogen-bond acceptors (Lipinski definition) is 6. The Labute approximate surface area is 356 Å². The van der Waals surface area contributed by atoms with Crippen LogP contribution in [0.4, 0.5) is 0 Å². The molecule has 0 atom stereocenters. The fourth-order valence-corrected chi connectivity index (χ4v) is 7.39. The van der Waals surface area contributed by atoms with Gasteiger partial charge in [0.05, 0.1) is 45.0 Å². The van der Waals surface area contributed by atoms with Gasteiger partial charge in [-0.15, -0.1) is 22.1 Å². The number of aromatic nitrogens is 4. The molecule has 9 rings (SSSR count). The van der Waals surface area contributed by atoms with E-state index in [1.54, 1.807) is 48.5 Å². The van der Waals surface area contributed by atoms with Gasteiger partial charge in [0.15, 0.2) is 0 Å². The third-order valence-corrected chi connectivity index (χ3v) is 10.3. The Morgan fingerprint density at radius 1 is 0.328 bits per heavy atom. The summed E-state index contributed by atoms with van der Waals surface area (Å²) in [5.41, 5.74) is 9.53. The Bertz CT molecular complexity index is 2760. The summed E-state index contributed by atoms with van der Waals surface area (Å²) in [6.45, 7) is 0. The minimum absolute atomic E-state index is 0. The van der Waals surface area contributed by atoms with E-state index in [9.17, 15) is 39.6 Å². The zero-order valence-electron chi connectivity index (χ0n) is 31.4. The Morgan fingerprint density at radius 3 is 0.705 bits per heavy atom. The van der Waals surface area contributed by atoms with Gasteiger partial charge in [0, 0.05) is 0 Å². The second-order valence-corrected chi connectivity index (χ2v) is 13.9. The molecule has 2 aliphatic rings. The van der Waals surface area contributed by atoms with Crippen LogP contribution in [-0.4, -0.2) is 54.3 Å². The Kier molecular flexibility index (Phi) is 10.3. The Hall–Kier alpha value is -8.13. The van der Waals surface area contributed by atoms with Crippen molar-refractivity contribution >= 4 is 70.2 Å². The molecular weight excluding hydrogens is 819 g/mol. The van der Waals surface area contributed by atoms with Gasteiger partial charge in [-0.1, -0.05) is 72.8 Å². The molecule has 7 aromatic rings. The van der Waals surface area contributed by atoms with Gasteiger partial charge in [-0.3, -0.25) is 0 Å². The zero-order chi connectivity index (χ0) is 41.7. The molecule has 3 aromatic heterocycles. The van der Waals surface area contributed by atoms with Crippen LogP contribution in [0.1, 0.15) is 64.2 Å². The standard InChI is InChI=1S/C48H30N4O8.Co/c53-45(54)29-9-1-25(2-10-29)41-33-17-19-35(49-33)42(26-3-11-30(12-4-26)46(55)56)37-21-23-39(51-37)44(28-7-15-32(16-8-28)48(59)60)40-24-22-38(52-40)43(36-20-18-34(41)50-36)27-5-13-31(14-6-27)47(57)58;/h1-24H,(H6,49,50,51,52,53,54,55,56,57,58,59,60);/q;+2/p-2. The molecule has 0 saturated heterocycles. The number of aromatic carboxylic acids is 4. The monoisotopic (exact) mass is 847 g/mol. The van der Waals surface area contributed by atoms with Gasteiger partial charge in [-0.2, -0.15) is 0 Å². The van der Waals surface area contributed by atoms with Gasteiger partial charge in [-0.25, -0.2) is 29.1 Å². The summed E-state index contributed by atoms with van der Waals surface area (Å²) in [6, 6.07) is 33.0. The normalized spacial score (nSPS) is 11.5. The van der Waals surface area contributed by atoms with Crippen molar-refractivity contribution in [2.75, 3.05) is 0 Å². The van der Waals surface area contributed by atoms with E-state index in [0.29, 0.717) is 89.4 Å². The van der Waals surface area contributed by atoms with Crippen LogP contribution < -0.4 is 9.97 Å². The first-order valence-electron chi connectivity index (χ1n) is 18.4. The average Bonchev–Trinajstić information content (AvgIpc) is 4.10. The fraction of sp³-hybridized carbons (Fsp3) is 0. The van der Waals surface area contributed by atoms with Gasteiger partial charge >= 0.3 is 40.7 Å². The first-order valence-corrected chi connectivity index (χ1v) is 18.4. The van der Waals surface area contributed by atoms with Crippen LogP contribution in [0.5, 0.6) is 0 Å². The summed E-state index contributed by atoms with van der Waals surface area (Å²) >= 11 is 0. The number of hydrogen-bond donors (Lipinski definition) is 4. The fourth-order valence-electron chi connectivity index (χ4n) is 7.39. The molecule has 0 unspecified atom stereocenters. The van der Waals surface area contributed by atoms with Crippen molar-refractivity contribution in [3.05, 3.63) is 166 Å². The van der Waals surface area contributed by atoms with E-state index in [-0.39, 0.29) is 39.0 Å². The minimum atomic E-state index is -1.07. The topological polar surface area (TPSA) is 203 Å². The molecule has 12 nitrogen and oxygen atoms in total. The Balaban J connectivity index is 0.00000514. The average molecular weight is 848 g/mol. The number of benzene rings is 4. The predicted molar refractivity (Wildman–Crippen MR) is 226 cm³/mol. The molecule has 61 heavy (non-hydrogen) atoms. The number of carboxylic acids is 4. The maximum absolute atomic E-state index is 11.8.